The fourth-order valence-corrected chi connectivity index (χ4v) is 2.10. The normalized spacial score (nSPS) is 10.4. The number of anilines is 4. The van der Waals surface area contributed by atoms with Crippen molar-refractivity contribution in [1.29, 1.82) is 0 Å². The van der Waals surface area contributed by atoms with Crippen LogP contribution in [0.25, 0.3) is 0 Å². The Morgan fingerprint density at radius 3 is 2.04 bits per heavy atom. The topological polar surface area (TPSA) is 49.8 Å². The van der Waals surface area contributed by atoms with Gasteiger partial charge in [0.05, 0.1) is 0 Å². The lowest BCUT2D eigenvalue weighted by molar-refractivity contribution is 0.619. The van der Waals surface area contributed by atoms with Crippen molar-refractivity contribution in [3.8, 4) is 0 Å². The Labute approximate surface area is 134 Å². The fraction of sp³-hybridized carbons (Fsp3) is 0.111. The van der Waals surface area contributed by atoms with E-state index in [1.54, 1.807) is 19.1 Å². The van der Waals surface area contributed by atoms with Gasteiger partial charge in [-0.25, -0.2) is 14.4 Å². The fourth-order valence-electron chi connectivity index (χ4n) is 2.10. The van der Waals surface area contributed by atoms with E-state index in [1.165, 1.54) is 18.0 Å². The molecule has 0 aliphatic rings. The van der Waals surface area contributed by atoms with Crippen LogP contribution in [0.4, 0.5) is 27.4 Å². The molecule has 0 saturated carbocycles. The van der Waals surface area contributed by atoms with E-state index >= 15 is 0 Å². The quantitative estimate of drug-likeness (QED) is 0.732. The summed E-state index contributed by atoms with van der Waals surface area (Å²) in [6.07, 6.45) is 1.46. The summed E-state index contributed by atoms with van der Waals surface area (Å²) in [5.74, 6) is 1.01. The van der Waals surface area contributed by atoms with Gasteiger partial charge in [0, 0.05) is 17.4 Å². The van der Waals surface area contributed by atoms with Crippen molar-refractivity contribution in [2.24, 2.45) is 0 Å². The van der Waals surface area contributed by atoms with Crippen molar-refractivity contribution < 1.29 is 4.39 Å². The Balaban J connectivity index is 1.76. The summed E-state index contributed by atoms with van der Waals surface area (Å²) in [6, 6.07) is 14.8. The molecule has 3 aromatic rings. The second-order valence-electron chi connectivity index (χ2n) is 5.37. The third kappa shape index (κ3) is 3.83. The maximum Gasteiger partial charge on any atom is 0.135 e. The zero-order chi connectivity index (χ0) is 16.2. The first kappa shape index (κ1) is 15.0. The Morgan fingerprint density at radius 2 is 1.39 bits per heavy atom. The highest BCUT2D eigenvalue weighted by Crippen LogP contribution is 2.21. The first-order valence-corrected chi connectivity index (χ1v) is 7.29. The molecule has 0 fully saturated rings. The maximum absolute atomic E-state index is 13.6. The Bertz CT molecular complexity index is 816. The Kier molecular flexibility index (Phi) is 4.19. The molecule has 0 amide bonds. The van der Waals surface area contributed by atoms with Gasteiger partial charge < -0.3 is 10.6 Å². The molecule has 0 aliphatic carbocycles. The highest BCUT2D eigenvalue weighted by molar-refractivity contribution is 5.63. The molecule has 0 atom stereocenters. The van der Waals surface area contributed by atoms with E-state index in [9.17, 15) is 4.39 Å². The van der Waals surface area contributed by atoms with Gasteiger partial charge in [-0.05, 0) is 43.7 Å². The zero-order valence-electron chi connectivity index (χ0n) is 13.0. The minimum Gasteiger partial charge on any atom is -0.340 e. The molecule has 0 aliphatic heterocycles. The van der Waals surface area contributed by atoms with Crippen LogP contribution in [0.1, 0.15) is 11.1 Å². The lowest BCUT2D eigenvalue weighted by Gasteiger charge is -2.09. The molecular weight excluding hydrogens is 291 g/mol. The summed E-state index contributed by atoms with van der Waals surface area (Å²) in [6.45, 7) is 3.77. The number of nitrogens with one attached hydrogen (secondary N) is 2. The van der Waals surface area contributed by atoms with Crippen molar-refractivity contribution in [3.63, 3.8) is 0 Å². The van der Waals surface area contributed by atoms with Gasteiger partial charge in [0.2, 0.25) is 0 Å². The molecule has 3 rings (SSSR count). The SMILES string of the molecule is Cc1ccc(Nc2cc(Nc3ccc(C)c(F)c3)ncn2)cc1. The Hall–Kier alpha value is -2.95. The van der Waals surface area contributed by atoms with Crippen LogP contribution in [0.2, 0.25) is 0 Å². The van der Waals surface area contributed by atoms with Crippen LogP contribution in [-0.4, -0.2) is 9.97 Å². The molecular formula is C18H17FN4. The molecule has 0 unspecified atom stereocenters. The van der Waals surface area contributed by atoms with E-state index < -0.39 is 0 Å². The Morgan fingerprint density at radius 1 is 0.783 bits per heavy atom. The molecule has 4 nitrogen and oxygen atoms in total. The van der Waals surface area contributed by atoms with Crippen molar-refractivity contribution in [2.45, 2.75) is 13.8 Å². The van der Waals surface area contributed by atoms with Gasteiger partial charge in [0.15, 0.2) is 0 Å². The van der Waals surface area contributed by atoms with E-state index in [2.05, 4.69) is 20.6 Å². The van der Waals surface area contributed by atoms with E-state index in [0.717, 1.165) is 5.69 Å². The maximum atomic E-state index is 13.6. The van der Waals surface area contributed by atoms with Gasteiger partial charge in [-0.15, -0.1) is 0 Å². The van der Waals surface area contributed by atoms with E-state index in [0.29, 0.717) is 22.9 Å². The number of rotatable bonds is 4. The smallest absolute Gasteiger partial charge is 0.135 e. The number of benzene rings is 2. The molecule has 2 aromatic carbocycles. The summed E-state index contributed by atoms with van der Waals surface area (Å²) in [5, 5.41) is 6.29. The molecule has 0 radical (unpaired) electrons. The first-order valence-electron chi connectivity index (χ1n) is 7.29. The summed E-state index contributed by atoms with van der Waals surface area (Å²) in [5.41, 5.74) is 3.40. The molecule has 23 heavy (non-hydrogen) atoms. The second-order valence-corrected chi connectivity index (χ2v) is 5.37. The number of hydrogen-bond donors (Lipinski definition) is 2. The van der Waals surface area contributed by atoms with Crippen molar-refractivity contribution >= 4 is 23.0 Å². The number of aryl methyl sites for hydroxylation is 2. The average molecular weight is 308 g/mol. The number of halogens is 1. The van der Waals surface area contributed by atoms with Crippen LogP contribution >= 0.6 is 0 Å². The third-order valence-corrected chi connectivity index (χ3v) is 3.44. The monoisotopic (exact) mass is 308 g/mol. The molecule has 0 spiro atoms. The zero-order valence-corrected chi connectivity index (χ0v) is 13.0. The molecule has 0 saturated heterocycles. The summed E-state index contributed by atoms with van der Waals surface area (Å²) >= 11 is 0. The van der Waals surface area contributed by atoms with Gasteiger partial charge in [0.1, 0.15) is 23.8 Å². The number of nitrogens with zero attached hydrogens (tertiary/aromatic N) is 2. The summed E-state index contributed by atoms with van der Waals surface area (Å²) in [7, 11) is 0. The highest BCUT2D eigenvalue weighted by Gasteiger charge is 2.03. The van der Waals surface area contributed by atoms with Crippen molar-refractivity contribution in [2.75, 3.05) is 10.6 Å². The molecule has 2 N–H and O–H groups in total. The standard InChI is InChI=1S/C18H17FN4/c1-12-3-6-14(7-4-12)22-17-10-18(21-11-20-17)23-15-8-5-13(2)16(19)9-15/h3-11H,1-2H3,(H2,20,21,22,23). The predicted molar refractivity (Wildman–Crippen MR) is 90.9 cm³/mol. The first-order chi connectivity index (χ1) is 11.1. The van der Waals surface area contributed by atoms with Gasteiger partial charge in [0.25, 0.3) is 0 Å². The van der Waals surface area contributed by atoms with E-state index in [4.69, 9.17) is 0 Å². The molecule has 1 heterocycles. The molecule has 1 aromatic heterocycles. The number of hydrogen-bond acceptors (Lipinski definition) is 4. The van der Waals surface area contributed by atoms with Gasteiger partial charge in [-0.3, -0.25) is 0 Å². The third-order valence-electron chi connectivity index (χ3n) is 3.44. The lowest BCUT2D eigenvalue weighted by Crippen LogP contribution is -1.99. The summed E-state index contributed by atoms with van der Waals surface area (Å²) < 4.78 is 13.6. The van der Waals surface area contributed by atoms with Crippen LogP contribution < -0.4 is 10.6 Å². The van der Waals surface area contributed by atoms with Crippen LogP contribution in [-0.2, 0) is 0 Å². The average Bonchev–Trinajstić information content (AvgIpc) is 2.54. The molecule has 5 heteroatoms. The van der Waals surface area contributed by atoms with Gasteiger partial charge >= 0.3 is 0 Å². The molecule has 116 valence electrons. The predicted octanol–water partition coefficient (Wildman–Crippen LogP) is 4.72. The minimum absolute atomic E-state index is 0.248. The van der Waals surface area contributed by atoms with Crippen molar-refractivity contribution in [3.05, 3.63) is 71.8 Å². The summed E-state index contributed by atoms with van der Waals surface area (Å²) in [4.78, 5) is 8.35. The second kappa shape index (κ2) is 6.44. The van der Waals surface area contributed by atoms with Gasteiger partial charge in [-0.2, -0.15) is 0 Å². The van der Waals surface area contributed by atoms with Crippen molar-refractivity contribution in [1.82, 2.24) is 9.97 Å². The van der Waals surface area contributed by atoms with Crippen LogP contribution in [0.5, 0.6) is 0 Å². The van der Waals surface area contributed by atoms with Crippen LogP contribution in [0, 0.1) is 19.7 Å². The number of aromatic nitrogens is 2. The van der Waals surface area contributed by atoms with Crippen LogP contribution in [0.15, 0.2) is 54.9 Å². The molecule has 0 bridgehead atoms. The van der Waals surface area contributed by atoms with E-state index in [1.807, 2.05) is 37.3 Å². The van der Waals surface area contributed by atoms with Gasteiger partial charge in [-0.1, -0.05) is 23.8 Å². The largest absolute Gasteiger partial charge is 0.340 e. The lowest BCUT2D eigenvalue weighted by atomic mass is 10.2. The van der Waals surface area contributed by atoms with Crippen LogP contribution in [0.3, 0.4) is 0 Å². The van der Waals surface area contributed by atoms with E-state index in [-0.39, 0.29) is 5.82 Å². The minimum atomic E-state index is -0.248. The highest BCUT2D eigenvalue weighted by atomic mass is 19.1.